The first-order chi connectivity index (χ1) is 13.1. The van der Waals surface area contributed by atoms with Crippen molar-refractivity contribution in [2.24, 2.45) is 5.92 Å². The molecule has 2 heterocycles. The predicted molar refractivity (Wildman–Crippen MR) is 107 cm³/mol. The van der Waals surface area contributed by atoms with Gasteiger partial charge in [-0.1, -0.05) is 23.2 Å². The molecule has 1 aromatic carbocycles. The smallest absolute Gasteiger partial charge is 0.252 e. The molecule has 0 bridgehead atoms. The number of rotatable bonds is 6. The standard InChI is InChI=1S/C19H17Cl2N3O3/c1-26-14-5-4-11-15(27-19-12(20)8-22-9-13(19)21)6-16(25)24-17(11)18(14)23-7-10-2-3-10/h4-6,8-10,23H,2-3,7H2,1H3,(H,24,25). The summed E-state index contributed by atoms with van der Waals surface area (Å²) in [5.41, 5.74) is 1.04. The Morgan fingerprint density at radius 2 is 1.96 bits per heavy atom. The number of nitrogens with zero attached hydrogens (tertiary/aromatic N) is 1. The third kappa shape index (κ3) is 3.68. The highest BCUT2D eigenvalue weighted by molar-refractivity contribution is 6.37. The molecular weight excluding hydrogens is 389 g/mol. The summed E-state index contributed by atoms with van der Waals surface area (Å²) in [6.07, 6.45) is 5.29. The van der Waals surface area contributed by atoms with Crippen molar-refractivity contribution in [3.05, 3.63) is 51.0 Å². The zero-order chi connectivity index (χ0) is 19.0. The number of benzene rings is 1. The first-order valence-corrected chi connectivity index (χ1v) is 9.27. The highest BCUT2D eigenvalue weighted by atomic mass is 35.5. The molecule has 0 spiro atoms. The lowest BCUT2D eigenvalue weighted by Gasteiger charge is -2.16. The van der Waals surface area contributed by atoms with E-state index < -0.39 is 0 Å². The number of aromatic nitrogens is 2. The minimum Gasteiger partial charge on any atom is -0.495 e. The molecule has 140 valence electrons. The Kier molecular flexibility index (Phi) is 4.85. The van der Waals surface area contributed by atoms with Gasteiger partial charge < -0.3 is 19.8 Å². The van der Waals surface area contributed by atoms with Crippen LogP contribution in [-0.2, 0) is 0 Å². The summed E-state index contributed by atoms with van der Waals surface area (Å²) >= 11 is 12.3. The Balaban J connectivity index is 1.83. The second-order valence-electron chi connectivity index (χ2n) is 6.42. The third-order valence-corrected chi connectivity index (χ3v) is 4.99. The van der Waals surface area contributed by atoms with Crippen molar-refractivity contribution < 1.29 is 9.47 Å². The highest BCUT2D eigenvalue weighted by Gasteiger charge is 2.22. The fraction of sp³-hybridized carbons (Fsp3) is 0.263. The molecule has 3 aromatic rings. The van der Waals surface area contributed by atoms with Crippen molar-refractivity contribution in [3.63, 3.8) is 0 Å². The Bertz CT molecular complexity index is 1040. The van der Waals surface area contributed by atoms with Crippen LogP contribution >= 0.6 is 23.2 Å². The second kappa shape index (κ2) is 7.29. The van der Waals surface area contributed by atoms with Crippen LogP contribution in [0.15, 0.2) is 35.4 Å². The van der Waals surface area contributed by atoms with Crippen LogP contribution in [0.5, 0.6) is 17.2 Å². The monoisotopic (exact) mass is 405 g/mol. The fourth-order valence-corrected chi connectivity index (χ4v) is 3.32. The normalized spacial score (nSPS) is 13.6. The van der Waals surface area contributed by atoms with Crippen molar-refractivity contribution in [3.8, 4) is 17.2 Å². The van der Waals surface area contributed by atoms with Gasteiger partial charge >= 0.3 is 0 Å². The molecule has 4 rings (SSSR count). The molecule has 2 aromatic heterocycles. The molecule has 0 radical (unpaired) electrons. The largest absolute Gasteiger partial charge is 0.495 e. The number of halogens is 2. The average Bonchev–Trinajstić information content (AvgIpc) is 3.47. The van der Waals surface area contributed by atoms with Gasteiger partial charge in [-0.05, 0) is 30.9 Å². The quantitative estimate of drug-likeness (QED) is 0.612. The van der Waals surface area contributed by atoms with E-state index >= 15 is 0 Å². The van der Waals surface area contributed by atoms with Gasteiger partial charge in [0.2, 0.25) is 0 Å². The molecule has 0 aliphatic heterocycles. The molecule has 1 aliphatic carbocycles. The fourth-order valence-electron chi connectivity index (χ4n) is 2.88. The number of hydrogen-bond acceptors (Lipinski definition) is 5. The predicted octanol–water partition coefficient (Wildman–Crippen LogP) is 4.85. The van der Waals surface area contributed by atoms with E-state index in [4.69, 9.17) is 32.7 Å². The van der Waals surface area contributed by atoms with Crippen molar-refractivity contribution in [1.29, 1.82) is 0 Å². The first kappa shape index (κ1) is 17.9. The molecule has 0 amide bonds. The number of hydrogen-bond donors (Lipinski definition) is 2. The number of anilines is 1. The van der Waals surface area contributed by atoms with E-state index in [0.29, 0.717) is 28.3 Å². The lowest BCUT2D eigenvalue weighted by molar-refractivity contribution is 0.416. The van der Waals surface area contributed by atoms with Crippen molar-refractivity contribution >= 4 is 39.8 Å². The van der Waals surface area contributed by atoms with Gasteiger partial charge in [0.05, 0.1) is 12.6 Å². The Morgan fingerprint density at radius 3 is 2.63 bits per heavy atom. The number of H-pyrrole nitrogens is 1. The van der Waals surface area contributed by atoms with Gasteiger partial charge in [-0.15, -0.1) is 0 Å². The maximum absolute atomic E-state index is 12.3. The summed E-state index contributed by atoms with van der Waals surface area (Å²) in [5.74, 6) is 1.91. The van der Waals surface area contributed by atoms with E-state index in [2.05, 4.69) is 15.3 Å². The van der Waals surface area contributed by atoms with E-state index in [1.807, 2.05) is 12.1 Å². The first-order valence-electron chi connectivity index (χ1n) is 8.51. The number of pyridine rings is 2. The van der Waals surface area contributed by atoms with Crippen LogP contribution in [-0.4, -0.2) is 23.6 Å². The zero-order valence-electron chi connectivity index (χ0n) is 14.5. The maximum Gasteiger partial charge on any atom is 0.252 e. The van der Waals surface area contributed by atoms with Crippen LogP contribution in [0.2, 0.25) is 10.0 Å². The zero-order valence-corrected chi connectivity index (χ0v) is 16.0. The van der Waals surface area contributed by atoms with Gasteiger partial charge in [-0.25, -0.2) is 0 Å². The summed E-state index contributed by atoms with van der Waals surface area (Å²) in [6, 6.07) is 5.02. The Hall–Kier alpha value is -2.44. The van der Waals surface area contributed by atoms with Gasteiger partial charge in [0.15, 0.2) is 5.75 Å². The lowest BCUT2D eigenvalue weighted by Crippen LogP contribution is -2.10. The topological polar surface area (TPSA) is 76.2 Å². The summed E-state index contributed by atoms with van der Waals surface area (Å²) in [6.45, 7) is 0.824. The van der Waals surface area contributed by atoms with Gasteiger partial charge in [-0.2, -0.15) is 0 Å². The summed E-state index contributed by atoms with van der Waals surface area (Å²) in [4.78, 5) is 19.1. The van der Waals surface area contributed by atoms with E-state index in [0.717, 1.165) is 12.2 Å². The summed E-state index contributed by atoms with van der Waals surface area (Å²) in [5, 5.41) is 4.62. The van der Waals surface area contributed by atoms with Crippen LogP contribution in [0.4, 0.5) is 5.69 Å². The number of aromatic amines is 1. The average molecular weight is 406 g/mol. The van der Waals surface area contributed by atoms with Crippen LogP contribution in [0, 0.1) is 5.92 Å². The molecule has 8 heteroatoms. The summed E-state index contributed by atoms with van der Waals surface area (Å²) in [7, 11) is 1.60. The van der Waals surface area contributed by atoms with Crippen LogP contribution in [0.25, 0.3) is 10.9 Å². The van der Waals surface area contributed by atoms with Gasteiger partial charge in [0.25, 0.3) is 5.56 Å². The molecule has 0 saturated heterocycles. The van der Waals surface area contributed by atoms with Crippen molar-refractivity contribution in [2.75, 3.05) is 19.0 Å². The molecule has 2 N–H and O–H groups in total. The molecule has 1 aliphatic rings. The van der Waals surface area contributed by atoms with Crippen molar-refractivity contribution in [2.45, 2.75) is 12.8 Å². The van der Waals surface area contributed by atoms with Gasteiger partial charge in [0, 0.05) is 30.4 Å². The highest BCUT2D eigenvalue weighted by Crippen LogP contribution is 2.40. The van der Waals surface area contributed by atoms with E-state index in [-0.39, 0.29) is 21.4 Å². The molecule has 6 nitrogen and oxygen atoms in total. The second-order valence-corrected chi connectivity index (χ2v) is 7.24. The molecule has 0 atom stereocenters. The maximum atomic E-state index is 12.3. The van der Waals surface area contributed by atoms with Gasteiger partial charge in [0.1, 0.15) is 27.2 Å². The minimum absolute atomic E-state index is 0.253. The van der Waals surface area contributed by atoms with E-state index in [1.165, 1.54) is 31.3 Å². The third-order valence-electron chi connectivity index (χ3n) is 4.45. The lowest BCUT2D eigenvalue weighted by atomic mass is 10.1. The van der Waals surface area contributed by atoms with E-state index in [9.17, 15) is 4.79 Å². The number of methoxy groups -OCH3 is 1. The Labute approximate surface area is 165 Å². The van der Waals surface area contributed by atoms with E-state index in [1.54, 1.807) is 7.11 Å². The number of fused-ring (bicyclic) bond motifs is 1. The SMILES string of the molecule is COc1ccc2c(Oc3c(Cl)cncc3Cl)cc(=O)[nH]c2c1NCC1CC1. The number of nitrogens with one attached hydrogen (secondary N) is 2. The molecule has 1 fully saturated rings. The minimum atomic E-state index is -0.304. The molecule has 1 saturated carbocycles. The van der Waals surface area contributed by atoms with Crippen molar-refractivity contribution in [1.82, 2.24) is 9.97 Å². The Morgan fingerprint density at radius 1 is 1.22 bits per heavy atom. The number of ether oxygens (including phenoxy) is 2. The van der Waals surface area contributed by atoms with Crippen LogP contribution < -0.4 is 20.3 Å². The molecule has 27 heavy (non-hydrogen) atoms. The molecule has 0 unspecified atom stereocenters. The summed E-state index contributed by atoms with van der Waals surface area (Å²) < 4.78 is 11.4. The molecular formula is C19H17Cl2N3O3. The van der Waals surface area contributed by atoms with Crippen LogP contribution in [0.3, 0.4) is 0 Å². The van der Waals surface area contributed by atoms with Crippen LogP contribution in [0.1, 0.15) is 12.8 Å². The van der Waals surface area contributed by atoms with Gasteiger partial charge in [-0.3, -0.25) is 9.78 Å².